The van der Waals surface area contributed by atoms with Gasteiger partial charge in [-0.25, -0.2) is 4.98 Å². The van der Waals surface area contributed by atoms with Gasteiger partial charge in [0.1, 0.15) is 0 Å². The molecule has 1 heterocycles. The molecule has 0 saturated carbocycles. The number of anilines is 2. The zero-order valence-electron chi connectivity index (χ0n) is 8.56. The molecule has 82 valence electrons. The van der Waals surface area contributed by atoms with E-state index in [0.29, 0.717) is 5.13 Å². The van der Waals surface area contributed by atoms with Gasteiger partial charge in [0.2, 0.25) is 0 Å². The first-order valence-electron chi connectivity index (χ1n) is 4.66. The van der Waals surface area contributed by atoms with Gasteiger partial charge in [-0.15, -0.1) is 11.3 Å². The lowest BCUT2D eigenvalue weighted by atomic mass is 10.2. The lowest BCUT2D eigenvalue weighted by Crippen LogP contribution is -2.22. The summed E-state index contributed by atoms with van der Waals surface area (Å²) in [6.45, 7) is 1.97. The molecule has 0 aliphatic heterocycles. The summed E-state index contributed by atoms with van der Waals surface area (Å²) in [5, 5.41) is 15.6. The number of carboxylic acid groups (broad SMARTS) is 1. The minimum absolute atomic E-state index is 0.0407. The van der Waals surface area contributed by atoms with Crippen molar-refractivity contribution < 1.29 is 9.90 Å². The van der Waals surface area contributed by atoms with E-state index in [2.05, 4.69) is 10.3 Å². The first kappa shape index (κ1) is 10.6. The number of nitrogens with one attached hydrogen (secondary N) is 1. The van der Waals surface area contributed by atoms with E-state index >= 15 is 0 Å². The predicted octanol–water partition coefficient (Wildman–Crippen LogP) is 1.56. The number of aromatic nitrogens is 1. The molecule has 0 spiro atoms. The molecular formula is C11H9N2O2S-. The SMILES string of the molecule is Cc1ccccc1Nc1nc(C(=O)[O-])cs1. The summed E-state index contributed by atoms with van der Waals surface area (Å²) in [6, 6.07) is 7.72. The maximum absolute atomic E-state index is 10.5. The van der Waals surface area contributed by atoms with Crippen LogP contribution in [0.3, 0.4) is 0 Å². The van der Waals surface area contributed by atoms with Crippen LogP contribution in [0.5, 0.6) is 0 Å². The Bertz CT molecular complexity index is 522. The van der Waals surface area contributed by atoms with Crippen molar-refractivity contribution in [3.05, 3.63) is 40.9 Å². The molecule has 5 heteroatoms. The molecule has 0 unspecified atom stereocenters. The second kappa shape index (κ2) is 4.32. The highest BCUT2D eigenvalue weighted by molar-refractivity contribution is 7.14. The van der Waals surface area contributed by atoms with Gasteiger partial charge in [0.25, 0.3) is 0 Å². The molecule has 1 aromatic carbocycles. The van der Waals surface area contributed by atoms with Crippen molar-refractivity contribution in [1.82, 2.24) is 4.98 Å². The molecule has 4 nitrogen and oxygen atoms in total. The average molecular weight is 233 g/mol. The van der Waals surface area contributed by atoms with E-state index in [0.717, 1.165) is 11.3 Å². The van der Waals surface area contributed by atoms with E-state index < -0.39 is 5.97 Å². The monoisotopic (exact) mass is 233 g/mol. The Balaban J connectivity index is 2.21. The van der Waals surface area contributed by atoms with Gasteiger partial charge in [0, 0.05) is 11.1 Å². The van der Waals surface area contributed by atoms with Crippen LogP contribution in [0, 0.1) is 6.92 Å². The summed E-state index contributed by atoms with van der Waals surface area (Å²) in [5.41, 5.74) is 1.95. The molecular weight excluding hydrogens is 224 g/mol. The molecule has 1 aromatic heterocycles. The highest BCUT2D eigenvalue weighted by atomic mass is 32.1. The number of hydrogen-bond acceptors (Lipinski definition) is 5. The largest absolute Gasteiger partial charge is 0.543 e. The van der Waals surface area contributed by atoms with Gasteiger partial charge >= 0.3 is 0 Å². The maximum atomic E-state index is 10.5. The van der Waals surface area contributed by atoms with Crippen molar-refractivity contribution in [2.24, 2.45) is 0 Å². The van der Waals surface area contributed by atoms with E-state index in [-0.39, 0.29) is 5.69 Å². The zero-order chi connectivity index (χ0) is 11.5. The van der Waals surface area contributed by atoms with Crippen molar-refractivity contribution in [1.29, 1.82) is 0 Å². The minimum Gasteiger partial charge on any atom is -0.543 e. The van der Waals surface area contributed by atoms with E-state index in [4.69, 9.17) is 0 Å². The van der Waals surface area contributed by atoms with Crippen molar-refractivity contribution in [2.75, 3.05) is 5.32 Å². The Morgan fingerprint density at radius 3 is 2.81 bits per heavy atom. The van der Waals surface area contributed by atoms with E-state index in [9.17, 15) is 9.90 Å². The molecule has 1 N–H and O–H groups in total. The van der Waals surface area contributed by atoms with Gasteiger partial charge in [-0.1, -0.05) is 18.2 Å². The second-order valence-corrected chi connectivity index (χ2v) is 4.12. The summed E-state index contributed by atoms with van der Waals surface area (Å²) in [5.74, 6) is -1.26. The molecule has 0 bridgehead atoms. The van der Waals surface area contributed by atoms with Gasteiger partial charge in [-0.3, -0.25) is 0 Å². The van der Waals surface area contributed by atoms with Gasteiger partial charge in [0.05, 0.1) is 11.7 Å². The molecule has 0 aliphatic carbocycles. The van der Waals surface area contributed by atoms with Crippen LogP contribution in [0.2, 0.25) is 0 Å². The number of carbonyl (C=O) groups is 1. The number of thiazole rings is 1. The summed E-state index contributed by atoms with van der Waals surface area (Å²) >= 11 is 1.24. The smallest absolute Gasteiger partial charge is 0.187 e. The number of para-hydroxylation sites is 1. The van der Waals surface area contributed by atoms with Gasteiger partial charge in [-0.05, 0) is 18.6 Å². The quantitative estimate of drug-likeness (QED) is 0.873. The summed E-state index contributed by atoms with van der Waals surface area (Å²) in [4.78, 5) is 14.4. The topological polar surface area (TPSA) is 65.0 Å². The van der Waals surface area contributed by atoms with Crippen LogP contribution in [0.15, 0.2) is 29.6 Å². The highest BCUT2D eigenvalue weighted by Crippen LogP contribution is 2.22. The molecule has 2 aromatic rings. The molecule has 2 rings (SSSR count). The molecule has 0 radical (unpaired) electrons. The molecule has 0 atom stereocenters. The van der Waals surface area contributed by atoms with Crippen molar-refractivity contribution in [2.45, 2.75) is 6.92 Å². The van der Waals surface area contributed by atoms with E-state index in [1.165, 1.54) is 16.7 Å². The van der Waals surface area contributed by atoms with Crippen LogP contribution in [-0.4, -0.2) is 11.0 Å². The Morgan fingerprint density at radius 1 is 1.44 bits per heavy atom. The second-order valence-electron chi connectivity index (χ2n) is 3.27. The Kier molecular flexibility index (Phi) is 2.87. The summed E-state index contributed by atoms with van der Waals surface area (Å²) in [7, 11) is 0. The van der Waals surface area contributed by atoms with Crippen molar-refractivity contribution in [3.63, 3.8) is 0 Å². The van der Waals surface area contributed by atoms with Crippen LogP contribution in [0.25, 0.3) is 0 Å². The van der Waals surface area contributed by atoms with Crippen LogP contribution < -0.4 is 10.4 Å². The lowest BCUT2D eigenvalue weighted by Gasteiger charge is -2.05. The number of rotatable bonds is 3. The lowest BCUT2D eigenvalue weighted by molar-refractivity contribution is -0.255. The normalized spacial score (nSPS) is 10.1. The van der Waals surface area contributed by atoms with E-state index in [1.807, 2.05) is 31.2 Å². The number of aryl methyl sites for hydroxylation is 1. The number of carboxylic acids is 1. The molecule has 16 heavy (non-hydrogen) atoms. The zero-order valence-corrected chi connectivity index (χ0v) is 9.38. The fraction of sp³-hybridized carbons (Fsp3) is 0.0909. The Hall–Kier alpha value is -1.88. The van der Waals surface area contributed by atoms with Crippen molar-refractivity contribution >= 4 is 28.1 Å². The van der Waals surface area contributed by atoms with Gasteiger partial charge in [-0.2, -0.15) is 0 Å². The number of hydrogen-bond donors (Lipinski definition) is 1. The molecule has 0 fully saturated rings. The first-order chi connectivity index (χ1) is 7.66. The number of benzene rings is 1. The molecule has 0 saturated heterocycles. The van der Waals surface area contributed by atoms with Crippen LogP contribution in [0.1, 0.15) is 16.1 Å². The standard InChI is InChI=1S/C11H10N2O2S/c1-7-4-2-3-5-8(7)12-11-13-9(6-16-11)10(14)15/h2-6H,1H3,(H,12,13)(H,14,15)/p-1. The number of nitrogens with zero attached hydrogens (tertiary/aromatic N) is 1. The predicted molar refractivity (Wildman–Crippen MR) is 60.9 cm³/mol. The third-order valence-corrected chi connectivity index (χ3v) is 2.86. The minimum atomic E-state index is -1.26. The fourth-order valence-corrected chi connectivity index (χ4v) is 1.95. The fourth-order valence-electron chi connectivity index (χ4n) is 1.25. The van der Waals surface area contributed by atoms with Crippen LogP contribution >= 0.6 is 11.3 Å². The molecule has 0 aliphatic rings. The summed E-state index contributed by atoms with van der Waals surface area (Å²) < 4.78 is 0. The average Bonchev–Trinajstić information content (AvgIpc) is 2.70. The Labute approximate surface area is 96.6 Å². The van der Waals surface area contributed by atoms with Crippen molar-refractivity contribution in [3.8, 4) is 0 Å². The first-order valence-corrected chi connectivity index (χ1v) is 5.54. The van der Waals surface area contributed by atoms with Crippen LogP contribution in [0.4, 0.5) is 10.8 Å². The number of carbonyl (C=O) groups excluding carboxylic acids is 1. The summed E-state index contributed by atoms with van der Waals surface area (Å²) in [6.07, 6.45) is 0. The Morgan fingerprint density at radius 2 is 2.19 bits per heavy atom. The third kappa shape index (κ3) is 2.20. The molecule has 0 amide bonds. The highest BCUT2D eigenvalue weighted by Gasteiger charge is 2.03. The number of aromatic carboxylic acids is 1. The maximum Gasteiger partial charge on any atom is 0.187 e. The van der Waals surface area contributed by atoms with E-state index in [1.54, 1.807) is 0 Å². The van der Waals surface area contributed by atoms with Crippen LogP contribution in [-0.2, 0) is 0 Å². The van der Waals surface area contributed by atoms with Gasteiger partial charge < -0.3 is 15.2 Å². The van der Waals surface area contributed by atoms with Gasteiger partial charge in [0.15, 0.2) is 5.13 Å². The third-order valence-electron chi connectivity index (χ3n) is 2.10.